The number of aromatic nitrogens is 5. The molecule has 6 rings (SSSR count). The van der Waals surface area contributed by atoms with E-state index < -0.39 is 0 Å². The molecule has 9 heteroatoms. The van der Waals surface area contributed by atoms with Gasteiger partial charge < -0.3 is 15.0 Å². The highest BCUT2D eigenvalue weighted by molar-refractivity contribution is 5.89. The van der Waals surface area contributed by atoms with E-state index in [1.807, 2.05) is 67.7 Å². The lowest BCUT2D eigenvalue weighted by Gasteiger charge is -2.25. The van der Waals surface area contributed by atoms with E-state index in [4.69, 9.17) is 9.72 Å². The number of ether oxygens (including phenoxy) is 1. The van der Waals surface area contributed by atoms with Gasteiger partial charge in [0.05, 0.1) is 22.9 Å². The van der Waals surface area contributed by atoms with E-state index in [1.54, 1.807) is 15.6 Å². The Morgan fingerprint density at radius 3 is 2.87 bits per heavy atom. The molecule has 0 bridgehead atoms. The summed E-state index contributed by atoms with van der Waals surface area (Å²) in [5.74, 6) is 2.02. The SMILES string of the molecule is C=CC(=O)N1CC=C(c2ccc3ncnc(Nc4ccc(Oc5ccc6ccnn6c5)c(C)c4)c3n2)CC1. The number of amides is 1. The number of nitrogens with one attached hydrogen (secondary N) is 1. The minimum absolute atomic E-state index is 0.0580. The molecule has 0 saturated heterocycles. The number of hydrogen-bond acceptors (Lipinski definition) is 7. The standard InChI is InChI=1S/C29H25N7O2/c1-3-27(37)35-14-11-20(12-15-35)24-7-8-25-28(34-24)29(31-18-30-25)33-21-4-9-26(19(2)16-21)38-23-6-5-22-10-13-32-36(22)17-23/h3-11,13,16-18H,1,12,14-15H2,2H3,(H,30,31,33). The van der Waals surface area contributed by atoms with Crippen LogP contribution in [0, 0.1) is 6.92 Å². The van der Waals surface area contributed by atoms with Crippen LogP contribution in [0.2, 0.25) is 0 Å². The van der Waals surface area contributed by atoms with Crippen LogP contribution in [-0.4, -0.2) is 48.5 Å². The second kappa shape index (κ2) is 9.78. The lowest BCUT2D eigenvalue weighted by atomic mass is 10.0. The van der Waals surface area contributed by atoms with Crippen molar-refractivity contribution >= 4 is 39.5 Å². The highest BCUT2D eigenvalue weighted by Gasteiger charge is 2.17. The highest BCUT2D eigenvalue weighted by Crippen LogP contribution is 2.30. The van der Waals surface area contributed by atoms with Gasteiger partial charge in [-0.05, 0) is 79.1 Å². The third kappa shape index (κ3) is 4.57. The first-order chi connectivity index (χ1) is 18.6. The van der Waals surface area contributed by atoms with Gasteiger partial charge in [0.25, 0.3) is 0 Å². The van der Waals surface area contributed by atoms with Crippen molar-refractivity contribution in [2.75, 3.05) is 18.4 Å². The van der Waals surface area contributed by atoms with Gasteiger partial charge in [0.2, 0.25) is 5.91 Å². The van der Waals surface area contributed by atoms with Crippen LogP contribution in [0.15, 0.2) is 86.0 Å². The monoisotopic (exact) mass is 503 g/mol. The van der Waals surface area contributed by atoms with Crippen molar-refractivity contribution < 1.29 is 9.53 Å². The molecule has 5 aromatic rings. The van der Waals surface area contributed by atoms with Crippen molar-refractivity contribution in [3.8, 4) is 11.5 Å². The van der Waals surface area contributed by atoms with E-state index in [0.29, 0.717) is 30.2 Å². The van der Waals surface area contributed by atoms with Crippen molar-refractivity contribution in [3.05, 3.63) is 97.2 Å². The third-order valence-electron chi connectivity index (χ3n) is 6.54. The fraction of sp³-hybridized carbons (Fsp3) is 0.138. The van der Waals surface area contributed by atoms with E-state index in [1.165, 1.54) is 12.4 Å². The number of carbonyl (C=O) groups is 1. The molecule has 1 aliphatic rings. The average molecular weight is 504 g/mol. The Balaban J connectivity index is 1.23. The van der Waals surface area contributed by atoms with Crippen LogP contribution in [0.1, 0.15) is 17.7 Å². The van der Waals surface area contributed by atoms with Gasteiger partial charge in [-0.3, -0.25) is 4.79 Å². The minimum Gasteiger partial charge on any atom is -0.455 e. The molecule has 5 heterocycles. The Hall–Kier alpha value is -5.05. The van der Waals surface area contributed by atoms with Crippen LogP contribution in [-0.2, 0) is 4.79 Å². The lowest BCUT2D eigenvalue weighted by Crippen LogP contribution is -2.33. The Morgan fingerprint density at radius 1 is 1.13 bits per heavy atom. The molecule has 0 unspecified atom stereocenters. The van der Waals surface area contributed by atoms with E-state index in [9.17, 15) is 4.79 Å². The zero-order valence-corrected chi connectivity index (χ0v) is 20.8. The van der Waals surface area contributed by atoms with Crippen LogP contribution in [0.5, 0.6) is 11.5 Å². The number of benzene rings is 1. The molecular formula is C29H25N7O2. The minimum atomic E-state index is -0.0580. The van der Waals surface area contributed by atoms with Gasteiger partial charge in [0.15, 0.2) is 5.82 Å². The highest BCUT2D eigenvalue weighted by atomic mass is 16.5. The van der Waals surface area contributed by atoms with Crippen LogP contribution in [0.25, 0.3) is 22.1 Å². The van der Waals surface area contributed by atoms with Crippen LogP contribution in [0.3, 0.4) is 0 Å². The zero-order valence-electron chi connectivity index (χ0n) is 20.8. The van der Waals surface area contributed by atoms with Gasteiger partial charge >= 0.3 is 0 Å². The third-order valence-corrected chi connectivity index (χ3v) is 6.54. The maximum Gasteiger partial charge on any atom is 0.246 e. The summed E-state index contributed by atoms with van der Waals surface area (Å²) < 4.78 is 7.89. The number of fused-ring (bicyclic) bond motifs is 2. The second-order valence-electron chi connectivity index (χ2n) is 9.03. The molecule has 0 fully saturated rings. The van der Waals surface area contributed by atoms with E-state index in [2.05, 4.69) is 27.0 Å². The molecule has 0 atom stereocenters. The number of anilines is 2. The van der Waals surface area contributed by atoms with Crippen LogP contribution < -0.4 is 10.1 Å². The smallest absolute Gasteiger partial charge is 0.246 e. The molecule has 0 aliphatic carbocycles. The van der Waals surface area contributed by atoms with Crippen LogP contribution >= 0.6 is 0 Å². The summed E-state index contributed by atoms with van der Waals surface area (Å²) in [7, 11) is 0. The van der Waals surface area contributed by atoms with Crippen molar-refractivity contribution in [2.24, 2.45) is 0 Å². The van der Waals surface area contributed by atoms with Gasteiger partial charge in [0, 0.05) is 25.0 Å². The van der Waals surface area contributed by atoms with Crippen molar-refractivity contribution in [1.29, 1.82) is 0 Å². The van der Waals surface area contributed by atoms with Gasteiger partial charge in [-0.1, -0.05) is 12.7 Å². The Bertz CT molecular complexity index is 1720. The van der Waals surface area contributed by atoms with E-state index >= 15 is 0 Å². The van der Waals surface area contributed by atoms with Crippen molar-refractivity contribution in [2.45, 2.75) is 13.3 Å². The molecule has 1 aromatic carbocycles. The first-order valence-corrected chi connectivity index (χ1v) is 12.3. The molecular weight excluding hydrogens is 478 g/mol. The Kier molecular flexibility index (Phi) is 6.01. The van der Waals surface area contributed by atoms with E-state index in [0.717, 1.165) is 45.7 Å². The summed E-state index contributed by atoms with van der Waals surface area (Å²) in [6.07, 6.45) is 9.26. The number of pyridine rings is 2. The second-order valence-corrected chi connectivity index (χ2v) is 9.03. The quantitative estimate of drug-likeness (QED) is 0.313. The van der Waals surface area contributed by atoms with Gasteiger partial charge in [0.1, 0.15) is 23.3 Å². The number of nitrogens with zero attached hydrogens (tertiary/aromatic N) is 6. The van der Waals surface area contributed by atoms with E-state index in [-0.39, 0.29) is 5.91 Å². The summed E-state index contributed by atoms with van der Waals surface area (Å²) >= 11 is 0. The Labute approximate surface area is 219 Å². The molecule has 38 heavy (non-hydrogen) atoms. The maximum atomic E-state index is 11.9. The zero-order chi connectivity index (χ0) is 26.1. The molecule has 0 radical (unpaired) electrons. The summed E-state index contributed by atoms with van der Waals surface area (Å²) in [4.78, 5) is 27.4. The van der Waals surface area contributed by atoms with Gasteiger partial charge in [-0.25, -0.2) is 19.5 Å². The predicted molar refractivity (Wildman–Crippen MR) is 146 cm³/mol. The number of hydrogen-bond donors (Lipinski definition) is 1. The molecule has 0 saturated carbocycles. The first-order valence-electron chi connectivity index (χ1n) is 12.3. The molecule has 188 valence electrons. The largest absolute Gasteiger partial charge is 0.455 e. The molecule has 1 amide bonds. The average Bonchev–Trinajstić information content (AvgIpc) is 3.42. The fourth-order valence-corrected chi connectivity index (χ4v) is 4.50. The number of rotatable bonds is 6. The fourth-order valence-electron chi connectivity index (χ4n) is 4.50. The summed E-state index contributed by atoms with van der Waals surface area (Å²) in [5, 5.41) is 7.66. The maximum absolute atomic E-state index is 11.9. The molecule has 4 aromatic heterocycles. The first kappa shape index (κ1) is 23.4. The summed E-state index contributed by atoms with van der Waals surface area (Å²) in [6.45, 7) is 6.75. The molecule has 1 N–H and O–H groups in total. The van der Waals surface area contributed by atoms with Crippen LogP contribution in [0.4, 0.5) is 11.5 Å². The predicted octanol–water partition coefficient (Wildman–Crippen LogP) is 5.32. The molecule has 9 nitrogen and oxygen atoms in total. The summed E-state index contributed by atoms with van der Waals surface area (Å²) in [6, 6.07) is 15.6. The summed E-state index contributed by atoms with van der Waals surface area (Å²) in [5.41, 5.74) is 6.22. The number of carbonyl (C=O) groups excluding carboxylic acids is 1. The normalized spacial score (nSPS) is 13.4. The molecule has 1 aliphatic heterocycles. The Morgan fingerprint density at radius 2 is 2.05 bits per heavy atom. The van der Waals surface area contributed by atoms with Gasteiger partial charge in [-0.2, -0.15) is 5.10 Å². The topological polar surface area (TPSA) is 97.5 Å². The molecule has 0 spiro atoms. The number of aryl methyl sites for hydroxylation is 1. The van der Waals surface area contributed by atoms with Crippen molar-refractivity contribution in [3.63, 3.8) is 0 Å². The van der Waals surface area contributed by atoms with Crippen molar-refractivity contribution in [1.82, 2.24) is 29.5 Å². The lowest BCUT2D eigenvalue weighted by molar-refractivity contribution is -0.125. The van der Waals surface area contributed by atoms with Gasteiger partial charge in [-0.15, -0.1) is 0 Å².